The largest absolute Gasteiger partial charge is 0.337 e. The standard InChI is InChI=1S/C23H17ClN2/c24-18-13-11-17(12-14-18)23-25-21-19-7-3-1-5-15(19)9-10-16-6-2-4-8-20(16)22(21)26-23/h1-8,11-14H,9-10H2,(H,25,26). The second-order valence-corrected chi connectivity index (χ2v) is 7.07. The van der Waals surface area contributed by atoms with Crippen LogP contribution >= 0.6 is 11.6 Å². The molecule has 0 radical (unpaired) electrons. The molecule has 0 saturated heterocycles. The Morgan fingerprint density at radius 3 is 2.08 bits per heavy atom. The van der Waals surface area contributed by atoms with Crippen LogP contribution in [-0.4, -0.2) is 9.97 Å². The number of fused-ring (bicyclic) bond motifs is 5. The van der Waals surface area contributed by atoms with Crippen LogP contribution in [0.25, 0.3) is 33.9 Å². The van der Waals surface area contributed by atoms with Gasteiger partial charge in [-0.3, -0.25) is 0 Å². The molecule has 0 aliphatic heterocycles. The maximum Gasteiger partial charge on any atom is 0.138 e. The summed E-state index contributed by atoms with van der Waals surface area (Å²) in [6, 6.07) is 25.0. The van der Waals surface area contributed by atoms with E-state index in [0.717, 1.165) is 40.6 Å². The third-order valence-corrected chi connectivity index (χ3v) is 5.30. The zero-order chi connectivity index (χ0) is 17.5. The van der Waals surface area contributed by atoms with Gasteiger partial charge in [-0.15, -0.1) is 0 Å². The third kappa shape index (κ3) is 2.54. The van der Waals surface area contributed by atoms with Crippen molar-refractivity contribution in [2.24, 2.45) is 0 Å². The van der Waals surface area contributed by atoms with Gasteiger partial charge in [-0.05, 0) is 48.2 Å². The van der Waals surface area contributed by atoms with Crippen LogP contribution in [0.5, 0.6) is 0 Å². The summed E-state index contributed by atoms with van der Waals surface area (Å²) in [7, 11) is 0. The first-order valence-corrected chi connectivity index (χ1v) is 9.20. The maximum absolute atomic E-state index is 6.05. The lowest BCUT2D eigenvalue weighted by atomic mass is 9.89. The van der Waals surface area contributed by atoms with E-state index in [4.69, 9.17) is 16.6 Å². The summed E-state index contributed by atoms with van der Waals surface area (Å²) in [6.07, 6.45) is 2.05. The molecule has 1 aliphatic carbocycles. The number of nitrogens with one attached hydrogen (secondary N) is 1. The molecule has 0 fully saturated rings. The molecule has 0 atom stereocenters. The van der Waals surface area contributed by atoms with Crippen LogP contribution in [0, 0.1) is 0 Å². The fourth-order valence-electron chi connectivity index (χ4n) is 3.73. The molecule has 26 heavy (non-hydrogen) atoms. The van der Waals surface area contributed by atoms with Crippen molar-refractivity contribution in [3.63, 3.8) is 0 Å². The number of aromatic nitrogens is 2. The molecule has 3 heteroatoms. The van der Waals surface area contributed by atoms with Gasteiger partial charge in [-0.25, -0.2) is 4.98 Å². The van der Waals surface area contributed by atoms with E-state index in [1.54, 1.807) is 0 Å². The summed E-state index contributed by atoms with van der Waals surface area (Å²) in [5.41, 5.74) is 8.32. The van der Waals surface area contributed by atoms with Crippen LogP contribution in [0.4, 0.5) is 0 Å². The molecule has 0 amide bonds. The highest BCUT2D eigenvalue weighted by molar-refractivity contribution is 6.30. The molecular formula is C23H17ClN2. The Kier molecular flexibility index (Phi) is 3.65. The average Bonchev–Trinajstić information content (AvgIpc) is 3.10. The number of aryl methyl sites for hydroxylation is 2. The van der Waals surface area contributed by atoms with Crippen LogP contribution in [0.1, 0.15) is 11.1 Å². The molecule has 4 aromatic rings. The zero-order valence-electron chi connectivity index (χ0n) is 14.2. The van der Waals surface area contributed by atoms with Gasteiger partial charge in [0, 0.05) is 21.7 Å². The van der Waals surface area contributed by atoms with E-state index in [2.05, 4.69) is 53.5 Å². The molecule has 1 N–H and O–H groups in total. The predicted octanol–water partition coefficient (Wildman–Crippen LogP) is 6.16. The fraction of sp³-hybridized carbons (Fsp3) is 0.0870. The normalized spacial score (nSPS) is 12.5. The van der Waals surface area contributed by atoms with Crippen molar-refractivity contribution in [1.82, 2.24) is 9.97 Å². The first kappa shape index (κ1) is 15.4. The van der Waals surface area contributed by atoms with Gasteiger partial charge in [0.1, 0.15) is 5.82 Å². The summed E-state index contributed by atoms with van der Waals surface area (Å²) < 4.78 is 0. The SMILES string of the molecule is Clc1ccc(-c2nc3c([nH]2)-c2ccccc2CCc2ccccc2-3)cc1. The highest BCUT2D eigenvalue weighted by Crippen LogP contribution is 2.38. The Morgan fingerprint density at radius 1 is 0.731 bits per heavy atom. The number of hydrogen-bond donors (Lipinski definition) is 1. The van der Waals surface area contributed by atoms with E-state index in [1.165, 1.54) is 22.3 Å². The molecule has 0 saturated carbocycles. The Labute approximate surface area is 157 Å². The average molecular weight is 357 g/mol. The van der Waals surface area contributed by atoms with Crippen molar-refractivity contribution >= 4 is 11.6 Å². The third-order valence-electron chi connectivity index (χ3n) is 5.04. The lowest BCUT2D eigenvalue weighted by Gasteiger charge is -2.16. The smallest absolute Gasteiger partial charge is 0.138 e. The highest BCUT2D eigenvalue weighted by atomic mass is 35.5. The Balaban J connectivity index is 1.78. The summed E-state index contributed by atoms with van der Waals surface area (Å²) in [5, 5.41) is 0.731. The molecule has 126 valence electrons. The lowest BCUT2D eigenvalue weighted by Crippen LogP contribution is -2.01. The highest BCUT2D eigenvalue weighted by Gasteiger charge is 2.21. The van der Waals surface area contributed by atoms with Gasteiger partial charge in [0.25, 0.3) is 0 Å². The van der Waals surface area contributed by atoms with Crippen LogP contribution in [0.15, 0.2) is 72.8 Å². The number of rotatable bonds is 1. The molecule has 1 aromatic heterocycles. The van der Waals surface area contributed by atoms with E-state index in [1.807, 2.05) is 24.3 Å². The maximum atomic E-state index is 6.05. The topological polar surface area (TPSA) is 28.7 Å². The fourth-order valence-corrected chi connectivity index (χ4v) is 3.85. The first-order valence-electron chi connectivity index (χ1n) is 8.82. The van der Waals surface area contributed by atoms with Crippen molar-refractivity contribution in [3.8, 4) is 33.9 Å². The molecule has 0 spiro atoms. The first-order chi connectivity index (χ1) is 12.8. The number of halogens is 1. The molecule has 2 nitrogen and oxygen atoms in total. The van der Waals surface area contributed by atoms with Crippen LogP contribution in [0.2, 0.25) is 5.02 Å². The molecular weight excluding hydrogens is 340 g/mol. The number of nitrogens with zero attached hydrogens (tertiary/aromatic N) is 1. The van der Waals surface area contributed by atoms with Gasteiger partial charge >= 0.3 is 0 Å². The van der Waals surface area contributed by atoms with Gasteiger partial charge in [0.15, 0.2) is 0 Å². The predicted molar refractivity (Wildman–Crippen MR) is 107 cm³/mol. The minimum atomic E-state index is 0.731. The van der Waals surface area contributed by atoms with E-state index >= 15 is 0 Å². The summed E-state index contributed by atoms with van der Waals surface area (Å²) in [4.78, 5) is 8.57. The van der Waals surface area contributed by atoms with Gasteiger partial charge in [0.2, 0.25) is 0 Å². The monoisotopic (exact) mass is 356 g/mol. The molecule has 1 aliphatic rings. The van der Waals surface area contributed by atoms with Crippen molar-refractivity contribution in [2.75, 3.05) is 0 Å². The van der Waals surface area contributed by atoms with Gasteiger partial charge in [-0.2, -0.15) is 0 Å². The van der Waals surface area contributed by atoms with Crippen molar-refractivity contribution in [3.05, 3.63) is 88.9 Å². The van der Waals surface area contributed by atoms with Gasteiger partial charge in [-0.1, -0.05) is 60.1 Å². The van der Waals surface area contributed by atoms with Crippen LogP contribution < -0.4 is 0 Å². The number of imidazole rings is 1. The van der Waals surface area contributed by atoms with Gasteiger partial charge < -0.3 is 4.98 Å². The Hall–Kier alpha value is -2.84. The lowest BCUT2D eigenvalue weighted by molar-refractivity contribution is 0.958. The van der Waals surface area contributed by atoms with Crippen LogP contribution in [0.3, 0.4) is 0 Å². The second kappa shape index (κ2) is 6.15. The van der Waals surface area contributed by atoms with E-state index in [9.17, 15) is 0 Å². The summed E-state index contributed by atoms with van der Waals surface area (Å²) in [5.74, 6) is 0.873. The van der Waals surface area contributed by atoms with Crippen molar-refractivity contribution in [2.45, 2.75) is 12.8 Å². The van der Waals surface area contributed by atoms with Crippen molar-refractivity contribution in [1.29, 1.82) is 0 Å². The number of aromatic amines is 1. The number of H-pyrrole nitrogens is 1. The minimum Gasteiger partial charge on any atom is -0.337 e. The van der Waals surface area contributed by atoms with Crippen LogP contribution in [-0.2, 0) is 12.8 Å². The Morgan fingerprint density at radius 2 is 1.35 bits per heavy atom. The molecule has 0 unspecified atom stereocenters. The molecule has 1 heterocycles. The molecule has 0 bridgehead atoms. The zero-order valence-corrected chi connectivity index (χ0v) is 14.9. The number of hydrogen-bond acceptors (Lipinski definition) is 1. The second-order valence-electron chi connectivity index (χ2n) is 6.63. The molecule has 5 rings (SSSR count). The van der Waals surface area contributed by atoms with Gasteiger partial charge in [0.05, 0.1) is 11.4 Å². The summed E-state index contributed by atoms with van der Waals surface area (Å²) in [6.45, 7) is 0. The minimum absolute atomic E-state index is 0.731. The number of benzene rings is 3. The van der Waals surface area contributed by atoms with Crippen molar-refractivity contribution < 1.29 is 0 Å². The van der Waals surface area contributed by atoms with E-state index < -0.39 is 0 Å². The quantitative estimate of drug-likeness (QED) is 0.434. The summed E-state index contributed by atoms with van der Waals surface area (Å²) >= 11 is 6.05. The Bertz CT molecular complexity index is 1030. The van der Waals surface area contributed by atoms with E-state index in [0.29, 0.717) is 0 Å². The van der Waals surface area contributed by atoms with E-state index in [-0.39, 0.29) is 0 Å². The molecule has 3 aromatic carbocycles.